The van der Waals surface area contributed by atoms with E-state index in [0.717, 1.165) is 44.8 Å². The second-order valence-electron chi connectivity index (χ2n) is 13.4. The molecule has 0 radical (unpaired) electrons. The summed E-state index contributed by atoms with van der Waals surface area (Å²) in [6.45, 7) is 0. The van der Waals surface area contributed by atoms with E-state index in [1.54, 1.807) is 0 Å². The van der Waals surface area contributed by atoms with Gasteiger partial charge < -0.3 is 0 Å². The average Bonchev–Trinajstić information content (AvgIpc) is 3.62. The Morgan fingerprint density at radius 2 is 0.811 bits per heavy atom. The molecule has 0 amide bonds. The molecule has 2 aromatic heterocycles. The van der Waals surface area contributed by atoms with Gasteiger partial charge in [0.05, 0.1) is 11.4 Å². The molecule has 10 rings (SSSR count). The first-order valence-corrected chi connectivity index (χ1v) is 18.7. The predicted molar refractivity (Wildman–Crippen MR) is 225 cm³/mol. The van der Waals surface area contributed by atoms with Crippen LogP contribution in [0.5, 0.6) is 0 Å². The van der Waals surface area contributed by atoms with Crippen molar-refractivity contribution in [2.75, 3.05) is 0 Å². The van der Waals surface area contributed by atoms with Crippen LogP contribution in [0, 0.1) is 0 Å². The topological polar surface area (TPSA) is 25.8 Å². The van der Waals surface area contributed by atoms with Crippen molar-refractivity contribution in [3.05, 3.63) is 194 Å². The summed E-state index contributed by atoms with van der Waals surface area (Å²) in [6.07, 6.45) is 0. The maximum absolute atomic E-state index is 5.28. The van der Waals surface area contributed by atoms with Crippen molar-refractivity contribution >= 4 is 42.3 Å². The van der Waals surface area contributed by atoms with Gasteiger partial charge >= 0.3 is 0 Å². The third-order valence-corrected chi connectivity index (χ3v) is 11.2. The van der Waals surface area contributed by atoms with E-state index in [1.807, 2.05) is 17.4 Å². The molecule has 0 saturated heterocycles. The molecule has 0 bridgehead atoms. The molecule has 0 aliphatic carbocycles. The summed E-state index contributed by atoms with van der Waals surface area (Å²) in [4.78, 5) is 10.4. The zero-order chi connectivity index (χ0) is 35.1. The van der Waals surface area contributed by atoms with Gasteiger partial charge in [-0.15, -0.1) is 11.3 Å². The maximum Gasteiger partial charge on any atom is 0.160 e. The van der Waals surface area contributed by atoms with Crippen molar-refractivity contribution in [2.24, 2.45) is 0 Å². The van der Waals surface area contributed by atoms with Gasteiger partial charge in [-0.1, -0.05) is 152 Å². The van der Waals surface area contributed by atoms with Gasteiger partial charge in [0.25, 0.3) is 0 Å². The second-order valence-corrected chi connectivity index (χ2v) is 14.5. The molecule has 0 unspecified atom stereocenters. The van der Waals surface area contributed by atoms with Crippen molar-refractivity contribution in [3.63, 3.8) is 0 Å². The van der Waals surface area contributed by atoms with E-state index in [0.29, 0.717) is 5.82 Å². The van der Waals surface area contributed by atoms with Gasteiger partial charge in [-0.25, -0.2) is 9.97 Å². The fourth-order valence-electron chi connectivity index (χ4n) is 7.31. The number of thiophene rings is 1. The van der Waals surface area contributed by atoms with Crippen LogP contribution in [0.4, 0.5) is 0 Å². The van der Waals surface area contributed by atoms with Crippen molar-refractivity contribution in [1.82, 2.24) is 9.97 Å². The molecule has 3 heteroatoms. The molecule has 0 aliphatic heterocycles. The molecule has 10 aromatic rings. The van der Waals surface area contributed by atoms with Gasteiger partial charge in [0.1, 0.15) is 0 Å². The first kappa shape index (κ1) is 31.1. The molecule has 2 heterocycles. The molecule has 53 heavy (non-hydrogen) atoms. The van der Waals surface area contributed by atoms with Crippen molar-refractivity contribution in [2.45, 2.75) is 0 Å². The lowest BCUT2D eigenvalue weighted by atomic mass is 9.94. The number of benzene rings is 8. The number of hydrogen-bond acceptors (Lipinski definition) is 3. The summed E-state index contributed by atoms with van der Waals surface area (Å²) in [6, 6.07) is 69.3. The summed E-state index contributed by atoms with van der Waals surface area (Å²) in [5.41, 5.74) is 11.9. The Morgan fingerprint density at radius 3 is 1.60 bits per heavy atom. The Morgan fingerprint density at radius 1 is 0.283 bits per heavy atom. The van der Waals surface area contributed by atoms with Gasteiger partial charge in [-0.3, -0.25) is 0 Å². The Labute approximate surface area is 312 Å². The lowest BCUT2D eigenvalue weighted by Gasteiger charge is -2.13. The summed E-state index contributed by atoms with van der Waals surface area (Å²) >= 11 is 1.85. The van der Waals surface area contributed by atoms with Gasteiger partial charge in [0, 0.05) is 36.9 Å². The Hall–Kier alpha value is -6.68. The molecule has 0 aliphatic rings. The first-order valence-electron chi connectivity index (χ1n) is 17.9. The number of hydrogen-bond donors (Lipinski definition) is 0. The van der Waals surface area contributed by atoms with Crippen molar-refractivity contribution in [3.8, 4) is 67.3 Å². The molecule has 0 atom stereocenters. The van der Waals surface area contributed by atoms with Crippen LogP contribution in [0.25, 0.3) is 98.2 Å². The normalized spacial score (nSPS) is 11.4. The van der Waals surface area contributed by atoms with E-state index in [-0.39, 0.29) is 0 Å². The van der Waals surface area contributed by atoms with Crippen LogP contribution >= 0.6 is 11.3 Å². The summed E-state index contributed by atoms with van der Waals surface area (Å²) in [5.74, 6) is 0.699. The molecule has 8 aromatic carbocycles. The highest BCUT2D eigenvalue weighted by Crippen LogP contribution is 2.39. The zero-order valence-electron chi connectivity index (χ0n) is 28.8. The van der Waals surface area contributed by atoms with Crippen LogP contribution in [0.15, 0.2) is 194 Å². The average molecular weight is 693 g/mol. The number of aromatic nitrogens is 2. The Balaban J connectivity index is 1.11. The van der Waals surface area contributed by atoms with Crippen LogP contribution in [-0.2, 0) is 0 Å². The zero-order valence-corrected chi connectivity index (χ0v) is 29.6. The molecule has 0 spiro atoms. The molecule has 0 N–H and O–H groups in total. The van der Waals surface area contributed by atoms with Crippen LogP contribution < -0.4 is 0 Å². The smallest absolute Gasteiger partial charge is 0.160 e. The number of fused-ring (bicyclic) bond motifs is 4. The fraction of sp³-hybridized carbons (Fsp3) is 0. The largest absolute Gasteiger partial charge is 0.228 e. The quantitative estimate of drug-likeness (QED) is 0.173. The Bertz CT molecular complexity index is 2930. The molecular weight excluding hydrogens is 661 g/mol. The third-order valence-electron chi connectivity index (χ3n) is 10.1. The monoisotopic (exact) mass is 692 g/mol. The highest BCUT2D eigenvalue weighted by molar-refractivity contribution is 7.25. The molecule has 0 fully saturated rings. The van der Waals surface area contributed by atoms with Crippen LogP contribution in [0.2, 0.25) is 0 Å². The van der Waals surface area contributed by atoms with Crippen molar-refractivity contribution in [1.29, 1.82) is 0 Å². The maximum atomic E-state index is 5.28. The van der Waals surface area contributed by atoms with E-state index < -0.39 is 0 Å². The third kappa shape index (κ3) is 5.97. The summed E-state index contributed by atoms with van der Waals surface area (Å²) in [5, 5.41) is 5.09. The molecule has 0 saturated carbocycles. The fourth-order valence-corrected chi connectivity index (χ4v) is 8.45. The first-order chi connectivity index (χ1) is 26.2. The van der Waals surface area contributed by atoms with E-state index in [1.165, 1.54) is 47.6 Å². The minimum atomic E-state index is 0.699. The van der Waals surface area contributed by atoms with Gasteiger partial charge in [-0.2, -0.15) is 0 Å². The summed E-state index contributed by atoms with van der Waals surface area (Å²) < 4.78 is 2.60. The lowest BCUT2D eigenvalue weighted by Crippen LogP contribution is -1.96. The minimum Gasteiger partial charge on any atom is -0.228 e. The second kappa shape index (κ2) is 13.1. The van der Waals surface area contributed by atoms with Crippen molar-refractivity contribution < 1.29 is 0 Å². The van der Waals surface area contributed by atoms with Gasteiger partial charge in [0.15, 0.2) is 5.82 Å². The van der Waals surface area contributed by atoms with Crippen LogP contribution in [0.3, 0.4) is 0 Å². The van der Waals surface area contributed by atoms with Crippen LogP contribution in [-0.4, -0.2) is 9.97 Å². The SMILES string of the molecule is c1ccc(-c2cc(-c3ccc4c(c3)sc3ccccc34)cc(-c3cc(-c4ccccc4)nc(-c4ccc(-c5ccc6ccccc6c5)cc4)n3)c2)cc1. The van der Waals surface area contributed by atoms with E-state index >= 15 is 0 Å². The molecule has 248 valence electrons. The minimum absolute atomic E-state index is 0.699. The number of rotatable bonds is 6. The van der Waals surface area contributed by atoms with Gasteiger partial charge in [0.2, 0.25) is 0 Å². The number of nitrogens with zero attached hydrogens (tertiary/aromatic N) is 2. The highest BCUT2D eigenvalue weighted by Gasteiger charge is 2.15. The van der Waals surface area contributed by atoms with E-state index in [4.69, 9.17) is 9.97 Å². The standard InChI is InChI=1S/C50H32N2S/c1-3-11-33(12-4-1)41-28-42(40-25-26-45-44-17-9-10-18-48(44)53-49(45)31-40)30-43(29-41)47-32-46(36-14-5-2-6-15-36)51-50(52-47)37-22-19-35(20-23-37)39-24-21-34-13-7-8-16-38(34)27-39/h1-32H. The predicted octanol–water partition coefficient (Wildman–Crippen LogP) is 14.0. The van der Waals surface area contributed by atoms with Crippen LogP contribution in [0.1, 0.15) is 0 Å². The molecule has 2 nitrogen and oxygen atoms in total. The van der Waals surface area contributed by atoms with E-state index in [2.05, 4.69) is 188 Å². The summed E-state index contributed by atoms with van der Waals surface area (Å²) in [7, 11) is 0. The lowest BCUT2D eigenvalue weighted by molar-refractivity contribution is 1.18. The van der Waals surface area contributed by atoms with E-state index in [9.17, 15) is 0 Å². The highest BCUT2D eigenvalue weighted by atomic mass is 32.1. The Kier molecular flexibility index (Phi) is 7.71. The van der Waals surface area contributed by atoms with Gasteiger partial charge in [-0.05, 0) is 86.6 Å². The molecular formula is C50H32N2S.